The molecule has 0 aromatic heterocycles. The van der Waals surface area contributed by atoms with Gasteiger partial charge in [-0.05, 0) is 56.6 Å². The summed E-state index contributed by atoms with van der Waals surface area (Å²) in [5.41, 5.74) is 0.666. The standard InChI is InChI=1S/C23H31FN4O3S/c1-31-22(30)16-7-8-17-19(15-16)25-23(32)28(21(17)29)10-4-9-26-11-13-27(14-12-26)20-6-3-2-5-18(20)24/h2-3,5-6,16-17,19H,4,7-15H2,1H3,(H,25,32). The van der Waals surface area contributed by atoms with Gasteiger partial charge in [-0.3, -0.25) is 19.4 Å². The smallest absolute Gasteiger partial charge is 0.308 e. The quantitative estimate of drug-likeness (QED) is 0.513. The molecular formula is C23H31FN4O3S. The normalized spacial score (nSPS) is 26.5. The Morgan fingerprint density at radius 2 is 1.94 bits per heavy atom. The summed E-state index contributed by atoms with van der Waals surface area (Å²) in [5.74, 6) is -0.608. The number of hydrogen-bond acceptors (Lipinski definition) is 6. The summed E-state index contributed by atoms with van der Waals surface area (Å²) in [6.07, 6.45) is 2.76. The summed E-state index contributed by atoms with van der Waals surface area (Å²) < 4.78 is 18.9. The molecule has 9 heteroatoms. The van der Waals surface area contributed by atoms with Crippen molar-refractivity contribution < 1.29 is 18.7 Å². The molecule has 3 aliphatic rings. The second-order valence-electron chi connectivity index (χ2n) is 8.82. The van der Waals surface area contributed by atoms with Crippen molar-refractivity contribution in [3.8, 4) is 0 Å². The van der Waals surface area contributed by atoms with E-state index in [1.54, 1.807) is 11.0 Å². The highest BCUT2D eigenvalue weighted by molar-refractivity contribution is 7.80. The van der Waals surface area contributed by atoms with Gasteiger partial charge in [-0.25, -0.2) is 4.39 Å². The van der Waals surface area contributed by atoms with Crippen molar-refractivity contribution in [1.82, 2.24) is 15.1 Å². The summed E-state index contributed by atoms with van der Waals surface area (Å²) in [6.45, 7) is 4.76. The third kappa shape index (κ3) is 4.88. The van der Waals surface area contributed by atoms with E-state index in [9.17, 15) is 14.0 Å². The number of benzene rings is 1. The number of carbonyl (C=O) groups is 2. The number of fused-ring (bicyclic) bond motifs is 1. The average Bonchev–Trinajstić information content (AvgIpc) is 2.81. The highest BCUT2D eigenvalue weighted by atomic mass is 32.1. The van der Waals surface area contributed by atoms with Crippen LogP contribution in [0.25, 0.3) is 0 Å². The number of rotatable bonds is 6. The lowest BCUT2D eigenvalue weighted by atomic mass is 9.76. The summed E-state index contributed by atoms with van der Waals surface area (Å²) in [4.78, 5) is 31.1. The minimum atomic E-state index is -0.207. The van der Waals surface area contributed by atoms with Crippen LogP contribution in [-0.2, 0) is 14.3 Å². The lowest BCUT2D eigenvalue weighted by Gasteiger charge is -2.43. The molecule has 1 aliphatic carbocycles. The minimum Gasteiger partial charge on any atom is -0.469 e. The molecule has 1 aromatic carbocycles. The third-order valence-corrected chi connectivity index (χ3v) is 7.28. The second kappa shape index (κ2) is 10.1. The molecule has 1 saturated carbocycles. The van der Waals surface area contributed by atoms with Gasteiger partial charge >= 0.3 is 5.97 Å². The Hall–Kier alpha value is -2.26. The van der Waals surface area contributed by atoms with Crippen molar-refractivity contribution in [2.45, 2.75) is 31.7 Å². The van der Waals surface area contributed by atoms with Crippen LogP contribution in [0.15, 0.2) is 24.3 Å². The molecule has 2 saturated heterocycles. The maximum Gasteiger partial charge on any atom is 0.308 e. The number of methoxy groups -OCH3 is 1. The molecular weight excluding hydrogens is 431 g/mol. The van der Waals surface area contributed by atoms with Crippen LogP contribution in [0.1, 0.15) is 25.7 Å². The number of carbonyl (C=O) groups excluding carboxylic acids is 2. The fourth-order valence-electron chi connectivity index (χ4n) is 5.13. The number of ether oxygens (including phenoxy) is 1. The molecule has 0 bridgehead atoms. The number of hydrogen-bond donors (Lipinski definition) is 1. The minimum absolute atomic E-state index is 0.0754. The van der Waals surface area contributed by atoms with Gasteiger partial charge in [0, 0.05) is 38.8 Å². The number of thiocarbonyl (C=S) groups is 1. The number of nitrogens with zero attached hydrogens (tertiary/aromatic N) is 3. The van der Waals surface area contributed by atoms with Gasteiger partial charge in [0.25, 0.3) is 0 Å². The first-order valence-corrected chi connectivity index (χ1v) is 11.8. The van der Waals surface area contributed by atoms with Crippen LogP contribution in [0.3, 0.4) is 0 Å². The van der Waals surface area contributed by atoms with Gasteiger partial charge < -0.3 is 15.0 Å². The van der Waals surface area contributed by atoms with Crippen molar-refractivity contribution in [2.24, 2.45) is 11.8 Å². The number of halogens is 1. The molecule has 7 nitrogen and oxygen atoms in total. The Bertz CT molecular complexity index is 861. The van der Waals surface area contributed by atoms with Gasteiger partial charge in [0.15, 0.2) is 5.11 Å². The van der Waals surface area contributed by atoms with E-state index < -0.39 is 0 Å². The van der Waals surface area contributed by atoms with Crippen LogP contribution in [0.4, 0.5) is 10.1 Å². The van der Waals surface area contributed by atoms with Crippen molar-refractivity contribution in [1.29, 1.82) is 0 Å². The number of piperazine rings is 1. The number of nitrogens with one attached hydrogen (secondary N) is 1. The number of anilines is 1. The van der Waals surface area contributed by atoms with Crippen molar-refractivity contribution in [2.75, 3.05) is 51.3 Å². The van der Waals surface area contributed by atoms with Gasteiger partial charge in [-0.2, -0.15) is 0 Å². The molecule has 32 heavy (non-hydrogen) atoms. The van der Waals surface area contributed by atoms with E-state index in [-0.39, 0.29) is 35.6 Å². The molecule has 1 N–H and O–H groups in total. The van der Waals surface area contributed by atoms with Crippen molar-refractivity contribution >= 4 is 34.9 Å². The molecule has 2 heterocycles. The van der Waals surface area contributed by atoms with E-state index in [2.05, 4.69) is 15.1 Å². The van der Waals surface area contributed by atoms with Gasteiger partial charge in [0.05, 0.1) is 24.6 Å². The van der Waals surface area contributed by atoms with E-state index in [1.165, 1.54) is 13.2 Å². The lowest BCUT2D eigenvalue weighted by molar-refractivity contribution is -0.149. The first-order chi connectivity index (χ1) is 15.5. The molecule has 1 amide bonds. The Morgan fingerprint density at radius 3 is 2.66 bits per heavy atom. The SMILES string of the molecule is COC(=O)C1CCC2C(=O)N(CCCN3CCN(c4ccccc4F)CC3)C(=S)NC2C1. The Labute approximate surface area is 193 Å². The molecule has 1 aromatic rings. The summed E-state index contributed by atoms with van der Waals surface area (Å²) in [6, 6.07) is 6.82. The molecule has 4 rings (SSSR count). The fraction of sp³-hybridized carbons (Fsp3) is 0.609. The Morgan fingerprint density at radius 1 is 1.19 bits per heavy atom. The maximum atomic E-state index is 14.0. The molecule has 0 radical (unpaired) electrons. The van der Waals surface area contributed by atoms with Crippen molar-refractivity contribution in [3.05, 3.63) is 30.1 Å². The zero-order chi connectivity index (χ0) is 22.7. The van der Waals surface area contributed by atoms with E-state index in [4.69, 9.17) is 17.0 Å². The van der Waals surface area contributed by atoms with Crippen molar-refractivity contribution in [3.63, 3.8) is 0 Å². The van der Waals surface area contributed by atoms with Crippen LogP contribution in [0.5, 0.6) is 0 Å². The van der Waals surface area contributed by atoms with Crippen LogP contribution in [0.2, 0.25) is 0 Å². The fourth-order valence-corrected chi connectivity index (χ4v) is 5.46. The highest BCUT2D eigenvalue weighted by Crippen LogP contribution is 2.33. The molecule has 0 spiro atoms. The van der Waals surface area contributed by atoms with Crippen LogP contribution < -0.4 is 10.2 Å². The molecule has 3 atom stereocenters. The zero-order valence-corrected chi connectivity index (χ0v) is 19.3. The van der Waals surface area contributed by atoms with E-state index in [1.807, 2.05) is 12.1 Å². The summed E-state index contributed by atoms with van der Waals surface area (Å²) in [7, 11) is 1.40. The van der Waals surface area contributed by atoms with Gasteiger partial charge in [0.1, 0.15) is 5.82 Å². The second-order valence-corrected chi connectivity index (χ2v) is 9.21. The summed E-state index contributed by atoms with van der Waals surface area (Å²) in [5, 5.41) is 3.76. The van der Waals surface area contributed by atoms with Crippen LogP contribution >= 0.6 is 12.2 Å². The summed E-state index contributed by atoms with van der Waals surface area (Å²) >= 11 is 5.48. The number of esters is 1. The van der Waals surface area contributed by atoms with Crippen LogP contribution in [0, 0.1) is 17.7 Å². The van der Waals surface area contributed by atoms with Gasteiger partial charge in [-0.1, -0.05) is 12.1 Å². The largest absolute Gasteiger partial charge is 0.469 e. The van der Waals surface area contributed by atoms with E-state index >= 15 is 0 Å². The average molecular weight is 463 g/mol. The topological polar surface area (TPSA) is 65.1 Å². The molecule has 174 valence electrons. The first-order valence-electron chi connectivity index (χ1n) is 11.4. The monoisotopic (exact) mass is 462 g/mol. The number of amides is 1. The van der Waals surface area contributed by atoms with Crippen LogP contribution in [-0.4, -0.2) is 79.2 Å². The maximum absolute atomic E-state index is 14.0. The van der Waals surface area contributed by atoms with E-state index in [0.29, 0.717) is 36.6 Å². The third-order valence-electron chi connectivity index (χ3n) is 6.94. The highest BCUT2D eigenvalue weighted by Gasteiger charge is 2.44. The Balaban J connectivity index is 1.23. The predicted molar refractivity (Wildman–Crippen MR) is 124 cm³/mol. The molecule has 3 unspecified atom stereocenters. The van der Waals surface area contributed by atoms with Gasteiger partial charge in [0.2, 0.25) is 5.91 Å². The number of para-hydroxylation sites is 1. The van der Waals surface area contributed by atoms with Gasteiger partial charge in [-0.15, -0.1) is 0 Å². The van der Waals surface area contributed by atoms with E-state index in [0.717, 1.165) is 39.1 Å². The lowest BCUT2D eigenvalue weighted by Crippen LogP contribution is -2.62. The predicted octanol–water partition coefficient (Wildman–Crippen LogP) is 2.01. The molecule has 2 aliphatic heterocycles. The molecule has 3 fully saturated rings. The zero-order valence-electron chi connectivity index (χ0n) is 18.5. The Kier molecular flexibility index (Phi) is 7.25. The first kappa shape index (κ1) is 22.9.